The molecule has 7 nitrogen and oxygen atoms in total. The maximum Gasteiger partial charge on any atom is 0.272 e. The Labute approximate surface area is 156 Å². The van der Waals surface area contributed by atoms with E-state index in [0.717, 1.165) is 11.3 Å². The second kappa shape index (κ2) is 7.33. The van der Waals surface area contributed by atoms with E-state index in [1.54, 1.807) is 16.9 Å². The summed E-state index contributed by atoms with van der Waals surface area (Å²) >= 11 is 0. The van der Waals surface area contributed by atoms with Crippen LogP contribution in [0.15, 0.2) is 71.4 Å². The molecule has 0 saturated carbocycles. The van der Waals surface area contributed by atoms with Gasteiger partial charge in [-0.25, -0.2) is 0 Å². The first-order chi connectivity index (χ1) is 13.2. The van der Waals surface area contributed by atoms with E-state index in [-0.39, 0.29) is 11.9 Å². The van der Waals surface area contributed by atoms with Gasteiger partial charge in [-0.15, -0.1) is 0 Å². The number of furan rings is 1. The molecule has 3 aromatic heterocycles. The average molecular weight is 361 g/mol. The molecule has 7 heteroatoms. The Morgan fingerprint density at radius 1 is 1.22 bits per heavy atom. The van der Waals surface area contributed by atoms with Crippen LogP contribution in [0.2, 0.25) is 0 Å². The zero-order chi connectivity index (χ0) is 18.6. The van der Waals surface area contributed by atoms with Crippen molar-refractivity contribution in [1.82, 2.24) is 25.3 Å². The van der Waals surface area contributed by atoms with Crippen LogP contribution in [0, 0.1) is 6.92 Å². The van der Waals surface area contributed by atoms with E-state index in [1.807, 2.05) is 61.7 Å². The number of aromatic amines is 1. The lowest BCUT2D eigenvalue weighted by Gasteiger charge is -2.18. The first kappa shape index (κ1) is 16.8. The standard InChI is InChI=1S/C20H19N5O2/c1-14-8-9-19(27-14)16-12-17(24-23-16)20(26)22-18(13-25-11-5-10-21-25)15-6-3-2-4-7-15/h2-12,18H,13H2,1H3,(H,22,26)(H,23,24)/t18-/m0/s1. The largest absolute Gasteiger partial charge is 0.460 e. The van der Waals surface area contributed by atoms with E-state index in [4.69, 9.17) is 4.42 Å². The van der Waals surface area contributed by atoms with Gasteiger partial charge in [-0.05, 0) is 30.7 Å². The van der Waals surface area contributed by atoms with Crippen LogP contribution >= 0.6 is 0 Å². The summed E-state index contributed by atoms with van der Waals surface area (Å²) < 4.78 is 7.36. The van der Waals surface area contributed by atoms with Gasteiger partial charge < -0.3 is 9.73 Å². The molecule has 0 bridgehead atoms. The Morgan fingerprint density at radius 2 is 2.07 bits per heavy atom. The number of carbonyl (C=O) groups is 1. The van der Waals surface area contributed by atoms with Crippen LogP contribution in [-0.2, 0) is 6.54 Å². The van der Waals surface area contributed by atoms with Crippen LogP contribution in [0.3, 0.4) is 0 Å². The lowest BCUT2D eigenvalue weighted by atomic mass is 10.1. The summed E-state index contributed by atoms with van der Waals surface area (Å²) in [5.41, 5.74) is 1.97. The summed E-state index contributed by atoms with van der Waals surface area (Å²) in [4.78, 5) is 12.8. The monoisotopic (exact) mass is 361 g/mol. The fourth-order valence-electron chi connectivity index (χ4n) is 2.89. The van der Waals surface area contributed by atoms with Crippen LogP contribution in [0.1, 0.15) is 27.9 Å². The maximum atomic E-state index is 12.8. The highest BCUT2D eigenvalue weighted by molar-refractivity contribution is 5.93. The van der Waals surface area contributed by atoms with Gasteiger partial charge >= 0.3 is 0 Å². The number of carbonyl (C=O) groups excluding carboxylic acids is 1. The van der Waals surface area contributed by atoms with E-state index in [0.29, 0.717) is 23.7 Å². The Balaban J connectivity index is 1.54. The van der Waals surface area contributed by atoms with Gasteiger partial charge in [0.15, 0.2) is 11.5 Å². The molecule has 4 aromatic rings. The second-order valence-electron chi connectivity index (χ2n) is 6.24. The molecule has 0 spiro atoms. The van der Waals surface area contributed by atoms with E-state index >= 15 is 0 Å². The molecule has 0 aliphatic carbocycles. The number of nitrogens with zero attached hydrogens (tertiary/aromatic N) is 3. The smallest absolute Gasteiger partial charge is 0.272 e. The van der Waals surface area contributed by atoms with Gasteiger partial charge in [0.05, 0.1) is 12.6 Å². The number of hydrogen-bond acceptors (Lipinski definition) is 4. The van der Waals surface area contributed by atoms with Crippen LogP contribution < -0.4 is 5.32 Å². The molecule has 0 unspecified atom stereocenters. The fraction of sp³-hybridized carbons (Fsp3) is 0.150. The van der Waals surface area contributed by atoms with Crippen molar-refractivity contribution in [3.8, 4) is 11.5 Å². The molecule has 0 radical (unpaired) electrons. The van der Waals surface area contributed by atoms with Crippen LogP contribution in [0.4, 0.5) is 0 Å². The molecule has 136 valence electrons. The summed E-state index contributed by atoms with van der Waals surface area (Å²) in [6.45, 7) is 2.39. The highest BCUT2D eigenvalue weighted by Gasteiger charge is 2.19. The minimum absolute atomic E-state index is 0.232. The van der Waals surface area contributed by atoms with Gasteiger partial charge in [-0.2, -0.15) is 10.2 Å². The molecule has 1 aromatic carbocycles. The van der Waals surface area contributed by atoms with Crippen molar-refractivity contribution in [3.05, 3.63) is 84.0 Å². The summed E-state index contributed by atoms with van der Waals surface area (Å²) in [6.07, 6.45) is 3.59. The zero-order valence-electron chi connectivity index (χ0n) is 14.8. The number of amides is 1. The lowest BCUT2D eigenvalue weighted by molar-refractivity contribution is 0.0926. The van der Waals surface area contributed by atoms with Crippen molar-refractivity contribution in [2.24, 2.45) is 0 Å². The molecule has 3 heterocycles. The van der Waals surface area contributed by atoms with Crippen LogP contribution in [0.5, 0.6) is 0 Å². The molecule has 1 atom stereocenters. The van der Waals surface area contributed by atoms with Crippen molar-refractivity contribution in [2.75, 3.05) is 0 Å². The van der Waals surface area contributed by atoms with Gasteiger partial charge in [-0.3, -0.25) is 14.6 Å². The number of H-pyrrole nitrogens is 1. The highest BCUT2D eigenvalue weighted by atomic mass is 16.3. The van der Waals surface area contributed by atoms with E-state index in [9.17, 15) is 4.79 Å². The predicted molar refractivity (Wildman–Crippen MR) is 99.9 cm³/mol. The molecule has 27 heavy (non-hydrogen) atoms. The first-order valence-electron chi connectivity index (χ1n) is 8.64. The molecular weight excluding hydrogens is 342 g/mol. The maximum absolute atomic E-state index is 12.8. The van der Waals surface area contributed by atoms with Crippen molar-refractivity contribution in [2.45, 2.75) is 19.5 Å². The lowest BCUT2D eigenvalue weighted by Crippen LogP contribution is -2.31. The summed E-state index contributed by atoms with van der Waals surface area (Å²) in [6, 6.07) is 16.8. The topological polar surface area (TPSA) is 88.7 Å². The Hall–Kier alpha value is -3.61. The third-order valence-corrected chi connectivity index (χ3v) is 4.25. The number of nitrogens with one attached hydrogen (secondary N) is 2. The van der Waals surface area contributed by atoms with Gasteiger partial charge in [0.25, 0.3) is 5.91 Å². The summed E-state index contributed by atoms with van der Waals surface area (Å²) in [5.74, 6) is 1.19. The first-order valence-corrected chi connectivity index (χ1v) is 8.64. The van der Waals surface area contributed by atoms with Crippen molar-refractivity contribution in [3.63, 3.8) is 0 Å². The highest BCUT2D eigenvalue weighted by Crippen LogP contribution is 2.21. The number of hydrogen-bond donors (Lipinski definition) is 2. The number of aryl methyl sites for hydroxylation is 1. The Bertz CT molecular complexity index is 1020. The average Bonchev–Trinajstić information content (AvgIpc) is 3.43. The van der Waals surface area contributed by atoms with Gasteiger partial charge in [0.1, 0.15) is 11.5 Å². The third kappa shape index (κ3) is 3.82. The molecule has 0 aliphatic rings. The summed E-state index contributed by atoms with van der Waals surface area (Å²) in [7, 11) is 0. The van der Waals surface area contributed by atoms with Crippen molar-refractivity contribution >= 4 is 5.91 Å². The molecule has 4 rings (SSSR count). The molecule has 0 aliphatic heterocycles. The minimum atomic E-state index is -0.262. The molecule has 0 fully saturated rings. The Kier molecular flexibility index (Phi) is 4.57. The molecule has 0 saturated heterocycles. The van der Waals surface area contributed by atoms with Crippen LogP contribution in [0.25, 0.3) is 11.5 Å². The molecular formula is C20H19N5O2. The normalized spacial score (nSPS) is 12.0. The van der Waals surface area contributed by atoms with Crippen molar-refractivity contribution in [1.29, 1.82) is 0 Å². The molecule has 2 N–H and O–H groups in total. The van der Waals surface area contributed by atoms with E-state index in [2.05, 4.69) is 20.6 Å². The minimum Gasteiger partial charge on any atom is -0.460 e. The van der Waals surface area contributed by atoms with Crippen molar-refractivity contribution < 1.29 is 9.21 Å². The number of aromatic nitrogens is 4. The summed E-state index contributed by atoms with van der Waals surface area (Å²) in [5, 5.41) is 14.3. The van der Waals surface area contributed by atoms with Gasteiger partial charge in [-0.1, -0.05) is 30.3 Å². The Morgan fingerprint density at radius 3 is 2.78 bits per heavy atom. The quantitative estimate of drug-likeness (QED) is 0.551. The SMILES string of the molecule is Cc1ccc(-c2cc(C(=O)N[C@@H](Cn3cccn3)c3ccccc3)n[nH]2)o1. The van der Waals surface area contributed by atoms with Crippen LogP contribution in [-0.4, -0.2) is 25.9 Å². The van der Waals surface area contributed by atoms with Gasteiger partial charge in [0, 0.05) is 18.5 Å². The fourth-order valence-corrected chi connectivity index (χ4v) is 2.89. The zero-order valence-corrected chi connectivity index (χ0v) is 14.8. The molecule has 1 amide bonds. The van der Waals surface area contributed by atoms with E-state index in [1.165, 1.54) is 0 Å². The van der Waals surface area contributed by atoms with E-state index < -0.39 is 0 Å². The predicted octanol–water partition coefficient (Wildman–Crippen LogP) is 3.35. The third-order valence-electron chi connectivity index (χ3n) is 4.25. The number of benzene rings is 1. The number of rotatable bonds is 6. The second-order valence-corrected chi connectivity index (χ2v) is 6.24. The van der Waals surface area contributed by atoms with Gasteiger partial charge in [0.2, 0.25) is 0 Å².